The molecule has 8 heteroatoms. The maximum absolute atomic E-state index is 12.9. The van der Waals surface area contributed by atoms with Crippen molar-refractivity contribution >= 4 is 11.9 Å². The third kappa shape index (κ3) is 4.81. The second-order valence-corrected chi connectivity index (χ2v) is 7.96. The number of carbonyl (C=O) groups excluding carboxylic acids is 2. The number of para-hydroxylation sites is 2. The quantitative estimate of drug-likeness (QED) is 0.369. The summed E-state index contributed by atoms with van der Waals surface area (Å²) >= 11 is 0. The fourth-order valence-electron chi connectivity index (χ4n) is 3.08. The Kier molecular flexibility index (Phi) is 6.98. The standard InChI is InChI=1S/C23H28O8/c1-5-14-23(21(2,3)22(4,28)29,30-19(26)15-10-6-8-12-17(15)24)31-20(27)16-11-7-9-13-18(16)25/h6-13,24-25,28-29H,5,14H2,1-4H3. The number of hydrogen-bond donors (Lipinski definition) is 4. The molecule has 0 amide bonds. The number of aliphatic hydroxyl groups is 2. The summed E-state index contributed by atoms with van der Waals surface area (Å²) in [4.78, 5) is 25.9. The molecule has 0 aliphatic carbocycles. The van der Waals surface area contributed by atoms with E-state index in [9.17, 15) is 30.0 Å². The van der Waals surface area contributed by atoms with Gasteiger partial charge >= 0.3 is 11.9 Å². The molecule has 31 heavy (non-hydrogen) atoms. The maximum Gasteiger partial charge on any atom is 0.345 e. The van der Waals surface area contributed by atoms with E-state index in [2.05, 4.69) is 0 Å². The van der Waals surface area contributed by atoms with Gasteiger partial charge in [-0.3, -0.25) is 0 Å². The Labute approximate surface area is 180 Å². The highest BCUT2D eigenvalue weighted by Crippen LogP contribution is 2.47. The minimum Gasteiger partial charge on any atom is -0.507 e. The Morgan fingerprint density at radius 1 is 0.806 bits per heavy atom. The van der Waals surface area contributed by atoms with Crippen molar-refractivity contribution in [2.24, 2.45) is 5.41 Å². The molecule has 0 aromatic heterocycles. The second-order valence-electron chi connectivity index (χ2n) is 7.96. The first-order chi connectivity index (χ1) is 14.4. The molecule has 0 bridgehead atoms. The Balaban J connectivity index is 2.59. The molecule has 2 rings (SSSR count). The van der Waals surface area contributed by atoms with Crippen LogP contribution >= 0.6 is 0 Å². The van der Waals surface area contributed by atoms with E-state index in [0.717, 1.165) is 6.92 Å². The van der Waals surface area contributed by atoms with Crippen LogP contribution in [0.25, 0.3) is 0 Å². The number of esters is 2. The van der Waals surface area contributed by atoms with Gasteiger partial charge in [0, 0.05) is 6.42 Å². The highest BCUT2D eigenvalue weighted by atomic mass is 16.7. The molecule has 2 aromatic carbocycles. The minimum absolute atomic E-state index is 0.0879. The van der Waals surface area contributed by atoms with Crippen molar-refractivity contribution in [2.75, 3.05) is 0 Å². The molecule has 168 valence electrons. The van der Waals surface area contributed by atoms with Gasteiger partial charge in [-0.05, 0) is 51.5 Å². The van der Waals surface area contributed by atoms with Crippen LogP contribution < -0.4 is 0 Å². The fraction of sp³-hybridized carbons (Fsp3) is 0.391. The molecule has 0 saturated heterocycles. The lowest BCUT2D eigenvalue weighted by atomic mass is 9.73. The molecule has 0 heterocycles. The normalized spacial score (nSPS) is 12.3. The van der Waals surface area contributed by atoms with Crippen LogP contribution in [-0.2, 0) is 9.47 Å². The van der Waals surface area contributed by atoms with E-state index in [1.54, 1.807) is 6.92 Å². The number of carbonyl (C=O) groups is 2. The van der Waals surface area contributed by atoms with E-state index in [1.807, 2.05) is 0 Å². The fourth-order valence-corrected chi connectivity index (χ4v) is 3.08. The molecule has 0 aliphatic heterocycles. The maximum atomic E-state index is 12.9. The van der Waals surface area contributed by atoms with E-state index >= 15 is 0 Å². The van der Waals surface area contributed by atoms with Crippen molar-refractivity contribution in [1.29, 1.82) is 0 Å². The van der Waals surface area contributed by atoms with Gasteiger partial charge in [0.25, 0.3) is 5.79 Å². The highest BCUT2D eigenvalue weighted by Gasteiger charge is 2.60. The Morgan fingerprint density at radius 3 is 1.52 bits per heavy atom. The number of benzene rings is 2. The first-order valence-electron chi connectivity index (χ1n) is 9.83. The van der Waals surface area contributed by atoms with Crippen molar-refractivity contribution in [1.82, 2.24) is 0 Å². The minimum atomic E-state index is -2.44. The van der Waals surface area contributed by atoms with Crippen LogP contribution in [0.1, 0.15) is 61.3 Å². The second kappa shape index (κ2) is 8.95. The lowest BCUT2D eigenvalue weighted by Gasteiger charge is -2.49. The molecule has 2 aromatic rings. The van der Waals surface area contributed by atoms with Crippen LogP contribution in [-0.4, -0.2) is 43.9 Å². The molecule has 8 nitrogen and oxygen atoms in total. The third-order valence-electron chi connectivity index (χ3n) is 5.48. The van der Waals surface area contributed by atoms with Crippen LogP contribution in [0.5, 0.6) is 11.5 Å². The van der Waals surface area contributed by atoms with Gasteiger partial charge in [0.1, 0.15) is 22.6 Å². The Bertz CT molecular complexity index is 883. The molecule has 0 aliphatic rings. The zero-order chi connectivity index (χ0) is 23.4. The first kappa shape index (κ1) is 24.2. The zero-order valence-electron chi connectivity index (χ0n) is 18.0. The summed E-state index contributed by atoms with van der Waals surface area (Å²) < 4.78 is 11.3. The molecule has 0 radical (unpaired) electrons. The van der Waals surface area contributed by atoms with Gasteiger partial charge in [-0.1, -0.05) is 31.2 Å². The van der Waals surface area contributed by atoms with Gasteiger partial charge in [0.05, 0.1) is 5.41 Å². The average Bonchev–Trinajstić information content (AvgIpc) is 2.67. The molecule has 0 unspecified atom stereocenters. The monoisotopic (exact) mass is 432 g/mol. The van der Waals surface area contributed by atoms with Gasteiger partial charge in [0.15, 0.2) is 5.79 Å². The van der Waals surface area contributed by atoms with Crippen LogP contribution in [0.2, 0.25) is 0 Å². The average molecular weight is 432 g/mol. The molecule has 0 saturated carbocycles. The summed E-state index contributed by atoms with van der Waals surface area (Å²) in [5.74, 6) is -7.33. The molecule has 0 atom stereocenters. The van der Waals surface area contributed by atoms with Crippen molar-refractivity contribution in [3.8, 4) is 11.5 Å². The van der Waals surface area contributed by atoms with Gasteiger partial charge in [-0.2, -0.15) is 0 Å². The number of aromatic hydroxyl groups is 2. The van der Waals surface area contributed by atoms with E-state index in [0.29, 0.717) is 6.42 Å². The largest absolute Gasteiger partial charge is 0.507 e. The summed E-state index contributed by atoms with van der Waals surface area (Å²) in [7, 11) is 0. The van der Waals surface area contributed by atoms with Crippen molar-refractivity contribution in [3.63, 3.8) is 0 Å². The summed E-state index contributed by atoms with van der Waals surface area (Å²) in [6.45, 7) is 5.56. The number of phenols is 2. The Hall–Kier alpha value is -3.10. The van der Waals surface area contributed by atoms with E-state index < -0.39 is 28.9 Å². The first-order valence-corrected chi connectivity index (χ1v) is 9.83. The highest BCUT2D eigenvalue weighted by molar-refractivity contribution is 5.94. The molecule has 4 N–H and O–H groups in total. The van der Waals surface area contributed by atoms with Crippen LogP contribution in [0.4, 0.5) is 0 Å². The molecule has 0 fully saturated rings. The predicted octanol–water partition coefficient (Wildman–Crippen LogP) is 3.34. The summed E-state index contributed by atoms with van der Waals surface area (Å²) in [6, 6.07) is 11.3. The zero-order valence-corrected chi connectivity index (χ0v) is 18.0. The number of hydrogen-bond acceptors (Lipinski definition) is 8. The lowest BCUT2D eigenvalue weighted by molar-refractivity contribution is -0.332. The topological polar surface area (TPSA) is 134 Å². The van der Waals surface area contributed by atoms with E-state index in [-0.39, 0.29) is 29.0 Å². The van der Waals surface area contributed by atoms with Crippen molar-refractivity contribution in [2.45, 2.75) is 52.1 Å². The number of phenolic OH excluding ortho intramolecular Hbond substituents is 2. The summed E-state index contributed by atoms with van der Waals surface area (Å²) in [5.41, 5.74) is -2.10. The molecular weight excluding hydrogens is 404 g/mol. The predicted molar refractivity (Wildman–Crippen MR) is 111 cm³/mol. The van der Waals surface area contributed by atoms with E-state index in [4.69, 9.17) is 9.47 Å². The van der Waals surface area contributed by atoms with E-state index in [1.165, 1.54) is 62.4 Å². The van der Waals surface area contributed by atoms with Crippen LogP contribution in [0.15, 0.2) is 48.5 Å². The molecule has 0 spiro atoms. The van der Waals surface area contributed by atoms with Gasteiger partial charge in [-0.15, -0.1) is 0 Å². The Morgan fingerprint density at radius 2 is 1.19 bits per heavy atom. The SMILES string of the molecule is CCCC(OC(=O)c1ccccc1O)(OC(=O)c1ccccc1O)C(C)(C)C(C)(O)O. The van der Waals surface area contributed by atoms with Crippen molar-refractivity contribution in [3.05, 3.63) is 59.7 Å². The summed E-state index contributed by atoms with van der Waals surface area (Å²) in [6.07, 6.45) is 0.247. The van der Waals surface area contributed by atoms with Crippen LogP contribution in [0.3, 0.4) is 0 Å². The third-order valence-corrected chi connectivity index (χ3v) is 5.48. The summed E-state index contributed by atoms with van der Waals surface area (Å²) in [5, 5.41) is 41.0. The van der Waals surface area contributed by atoms with Crippen molar-refractivity contribution < 1.29 is 39.5 Å². The van der Waals surface area contributed by atoms with Gasteiger partial charge in [-0.25, -0.2) is 9.59 Å². The number of rotatable bonds is 8. The molecular formula is C23H28O8. The lowest BCUT2D eigenvalue weighted by Crippen LogP contribution is -2.61. The smallest absolute Gasteiger partial charge is 0.345 e. The van der Waals surface area contributed by atoms with Gasteiger partial charge < -0.3 is 29.9 Å². The van der Waals surface area contributed by atoms with Gasteiger partial charge in [0.2, 0.25) is 0 Å². The number of ether oxygens (including phenoxy) is 2. The van der Waals surface area contributed by atoms with Crippen LogP contribution in [0, 0.1) is 5.41 Å².